The number of carbonyl (C=O) groups is 2. The van der Waals surface area contributed by atoms with E-state index in [0.29, 0.717) is 32.5 Å². The molecule has 20 heavy (non-hydrogen) atoms. The summed E-state index contributed by atoms with van der Waals surface area (Å²) < 4.78 is 10.1. The molecule has 0 aliphatic heterocycles. The van der Waals surface area contributed by atoms with Gasteiger partial charge in [0, 0.05) is 12.8 Å². The summed E-state index contributed by atoms with van der Waals surface area (Å²) in [6.45, 7) is 5.21. The van der Waals surface area contributed by atoms with Crippen LogP contribution in [0.2, 0.25) is 0 Å². The third-order valence-electron chi connectivity index (χ3n) is 3.03. The first-order chi connectivity index (χ1) is 9.70. The van der Waals surface area contributed by atoms with Gasteiger partial charge in [-0.2, -0.15) is 0 Å². The number of rotatable bonds is 13. The Balaban J connectivity index is 3.33. The van der Waals surface area contributed by atoms with Crippen molar-refractivity contribution >= 4 is 11.9 Å². The Morgan fingerprint density at radius 1 is 0.650 bits per heavy atom. The minimum absolute atomic E-state index is 0.207. The molecule has 0 N–H and O–H groups in total. The van der Waals surface area contributed by atoms with Gasteiger partial charge in [0.15, 0.2) is 0 Å². The fourth-order valence-electron chi connectivity index (χ4n) is 1.74. The summed E-state index contributed by atoms with van der Waals surface area (Å²) in [4.78, 5) is 22.7. The lowest BCUT2D eigenvalue weighted by Crippen LogP contribution is -2.09. The third kappa shape index (κ3) is 13.4. The van der Waals surface area contributed by atoms with E-state index >= 15 is 0 Å². The molecule has 0 aliphatic rings. The highest BCUT2D eigenvalue weighted by Crippen LogP contribution is 2.04. The second-order valence-electron chi connectivity index (χ2n) is 5.06. The van der Waals surface area contributed by atoms with Gasteiger partial charge in [0.2, 0.25) is 0 Å². The maximum atomic E-state index is 11.4. The van der Waals surface area contributed by atoms with Gasteiger partial charge in [-0.3, -0.25) is 9.59 Å². The Hall–Kier alpha value is -1.06. The van der Waals surface area contributed by atoms with Gasteiger partial charge < -0.3 is 9.47 Å². The van der Waals surface area contributed by atoms with Crippen LogP contribution in [0.1, 0.15) is 78.1 Å². The maximum Gasteiger partial charge on any atom is 0.305 e. The first kappa shape index (κ1) is 18.9. The van der Waals surface area contributed by atoms with Gasteiger partial charge in [-0.1, -0.05) is 46.0 Å². The molecule has 0 heterocycles. The summed E-state index contributed by atoms with van der Waals surface area (Å²) >= 11 is 0. The van der Waals surface area contributed by atoms with E-state index in [1.165, 1.54) is 19.3 Å². The van der Waals surface area contributed by atoms with Crippen LogP contribution in [0.15, 0.2) is 0 Å². The van der Waals surface area contributed by atoms with Crippen molar-refractivity contribution < 1.29 is 19.1 Å². The molecule has 0 fully saturated rings. The van der Waals surface area contributed by atoms with Gasteiger partial charge in [-0.15, -0.1) is 0 Å². The van der Waals surface area contributed by atoms with Crippen LogP contribution >= 0.6 is 0 Å². The minimum Gasteiger partial charge on any atom is -0.466 e. The molecule has 0 aromatic carbocycles. The van der Waals surface area contributed by atoms with E-state index in [4.69, 9.17) is 9.47 Å². The van der Waals surface area contributed by atoms with E-state index in [1.54, 1.807) is 0 Å². The summed E-state index contributed by atoms with van der Waals surface area (Å²) in [5, 5.41) is 0. The molecule has 4 nitrogen and oxygen atoms in total. The standard InChI is InChI=1S/C16H30O4/c1-3-5-7-8-9-14-20-16(18)12-10-11-15(17)19-13-6-4-2/h3-14H2,1-2H3. The average Bonchev–Trinajstić information content (AvgIpc) is 2.43. The summed E-state index contributed by atoms with van der Waals surface area (Å²) in [6.07, 6.45) is 8.74. The molecule has 118 valence electrons. The third-order valence-corrected chi connectivity index (χ3v) is 3.03. The van der Waals surface area contributed by atoms with E-state index in [1.807, 2.05) is 6.92 Å². The Morgan fingerprint density at radius 3 is 1.70 bits per heavy atom. The van der Waals surface area contributed by atoms with Crippen LogP contribution in [0.4, 0.5) is 0 Å². The highest BCUT2D eigenvalue weighted by molar-refractivity contribution is 5.72. The predicted molar refractivity (Wildman–Crippen MR) is 79.4 cm³/mol. The van der Waals surface area contributed by atoms with Gasteiger partial charge in [0.05, 0.1) is 13.2 Å². The molecule has 0 bridgehead atoms. The Morgan fingerprint density at radius 2 is 1.15 bits per heavy atom. The SMILES string of the molecule is CCCCCCCOC(=O)CCCC(=O)OCCCC. The zero-order chi connectivity index (χ0) is 15.1. The normalized spacial score (nSPS) is 10.3. The number of unbranched alkanes of at least 4 members (excludes halogenated alkanes) is 5. The van der Waals surface area contributed by atoms with Crippen LogP contribution in [0, 0.1) is 0 Å². The molecule has 0 atom stereocenters. The number of carbonyl (C=O) groups excluding carboxylic acids is 2. The molecule has 0 radical (unpaired) electrons. The molecule has 0 unspecified atom stereocenters. The van der Waals surface area contributed by atoms with Crippen molar-refractivity contribution in [3.63, 3.8) is 0 Å². The highest BCUT2D eigenvalue weighted by Gasteiger charge is 2.06. The zero-order valence-electron chi connectivity index (χ0n) is 13.1. The number of esters is 2. The Labute approximate surface area is 123 Å². The molecule has 4 heteroatoms. The van der Waals surface area contributed by atoms with Gasteiger partial charge in [0.1, 0.15) is 0 Å². The van der Waals surface area contributed by atoms with E-state index in [2.05, 4.69) is 6.92 Å². The smallest absolute Gasteiger partial charge is 0.305 e. The second kappa shape index (κ2) is 14.4. The average molecular weight is 286 g/mol. The zero-order valence-corrected chi connectivity index (χ0v) is 13.1. The van der Waals surface area contributed by atoms with Crippen LogP contribution in [0.3, 0.4) is 0 Å². The number of hydrogen-bond acceptors (Lipinski definition) is 4. The van der Waals surface area contributed by atoms with Gasteiger partial charge >= 0.3 is 11.9 Å². The van der Waals surface area contributed by atoms with Crippen molar-refractivity contribution in [1.29, 1.82) is 0 Å². The van der Waals surface area contributed by atoms with Crippen molar-refractivity contribution in [2.45, 2.75) is 78.1 Å². The first-order valence-corrected chi connectivity index (χ1v) is 8.02. The summed E-state index contributed by atoms with van der Waals surface area (Å²) in [5.74, 6) is -0.423. The largest absolute Gasteiger partial charge is 0.466 e. The highest BCUT2D eigenvalue weighted by atomic mass is 16.5. The van der Waals surface area contributed by atoms with E-state index < -0.39 is 0 Å². The molecular weight excluding hydrogens is 256 g/mol. The molecule has 0 aliphatic carbocycles. The van der Waals surface area contributed by atoms with Crippen molar-refractivity contribution in [2.75, 3.05) is 13.2 Å². The van der Waals surface area contributed by atoms with E-state index in [0.717, 1.165) is 25.7 Å². The fourth-order valence-corrected chi connectivity index (χ4v) is 1.74. The van der Waals surface area contributed by atoms with Crippen LogP contribution in [-0.4, -0.2) is 25.2 Å². The van der Waals surface area contributed by atoms with Gasteiger partial charge in [-0.05, 0) is 19.3 Å². The fraction of sp³-hybridized carbons (Fsp3) is 0.875. The lowest BCUT2D eigenvalue weighted by atomic mass is 10.2. The molecular formula is C16H30O4. The lowest BCUT2D eigenvalue weighted by molar-refractivity contribution is -0.145. The van der Waals surface area contributed by atoms with Crippen molar-refractivity contribution in [3.05, 3.63) is 0 Å². The van der Waals surface area contributed by atoms with E-state index in [-0.39, 0.29) is 11.9 Å². The van der Waals surface area contributed by atoms with Crippen LogP contribution in [0.25, 0.3) is 0 Å². The van der Waals surface area contributed by atoms with Crippen molar-refractivity contribution in [1.82, 2.24) is 0 Å². The molecule has 0 spiro atoms. The molecule has 0 amide bonds. The minimum atomic E-state index is -0.217. The second-order valence-corrected chi connectivity index (χ2v) is 5.06. The van der Waals surface area contributed by atoms with Crippen molar-refractivity contribution in [2.24, 2.45) is 0 Å². The van der Waals surface area contributed by atoms with Crippen LogP contribution in [-0.2, 0) is 19.1 Å². The number of ether oxygens (including phenoxy) is 2. The van der Waals surface area contributed by atoms with Gasteiger partial charge in [0.25, 0.3) is 0 Å². The van der Waals surface area contributed by atoms with Crippen LogP contribution < -0.4 is 0 Å². The molecule has 0 aromatic rings. The monoisotopic (exact) mass is 286 g/mol. The number of hydrogen-bond donors (Lipinski definition) is 0. The lowest BCUT2D eigenvalue weighted by Gasteiger charge is -2.05. The first-order valence-electron chi connectivity index (χ1n) is 8.02. The molecule has 0 saturated heterocycles. The summed E-state index contributed by atoms with van der Waals surface area (Å²) in [6, 6.07) is 0. The quantitative estimate of drug-likeness (QED) is 0.379. The summed E-state index contributed by atoms with van der Waals surface area (Å²) in [5.41, 5.74) is 0. The van der Waals surface area contributed by atoms with Crippen LogP contribution in [0.5, 0.6) is 0 Å². The topological polar surface area (TPSA) is 52.6 Å². The molecule has 0 rings (SSSR count). The Bertz CT molecular complexity index is 251. The van der Waals surface area contributed by atoms with E-state index in [9.17, 15) is 9.59 Å². The maximum absolute atomic E-state index is 11.4. The van der Waals surface area contributed by atoms with Crippen molar-refractivity contribution in [3.8, 4) is 0 Å². The predicted octanol–water partition coefficient (Wildman–Crippen LogP) is 4.01. The molecule has 0 saturated carbocycles. The molecule has 0 aromatic heterocycles. The van der Waals surface area contributed by atoms with Gasteiger partial charge in [-0.25, -0.2) is 0 Å². The Kier molecular flexibility index (Phi) is 13.6. The summed E-state index contributed by atoms with van der Waals surface area (Å²) in [7, 11) is 0.